The molecule has 0 unspecified atom stereocenters. The minimum atomic E-state index is -0.240. The van der Waals surface area contributed by atoms with Crippen LogP contribution in [0.1, 0.15) is 16.1 Å². The van der Waals surface area contributed by atoms with E-state index in [2.05, 4.69) is 10.4 Å². The van der Waals surface area contributed by atoms with Gasteiger partial charge in [0.2, 0.25) is 0 Å². The first-order chi connectivity index (χ1) is 13.1. The molecule has 2 heterocycles. The maximum absolute atomic E-state index is 12.6. The van der Waals surface area contributed by atoms with E-state index in [1.165, 1.54) is 0 Å². The number of para-hydroxylation sites is 2. The molecule has 4 rings (SSSR count). The molecule has 1 aliphatic rings. The first-order valence-electron chi connectivity index (χ1n) is 8.59. The second-order valence-electron chi connectivity index (χ2n) is 6.24. The van der Waals surface area contributed by atoms with E-state index in [0.29, 0.717) is 29.5 Å². The lowest BCUT2D eigenvalue weighted by Gasteiger charge is -2.26. The fourth-order valence-electron chi connectivity index (χ4n) is 2.94. The number of hydrogen-bond donors (Lipinski definition) is 1. The summed E-state index contributed by atoms with van der Waals surface area (Å²) in [5, 5.41) is 7.86. The van der Waals surface area contributed by atoms with Crippen LogP contribution in [0.5, 0.6) is 11.5 Å². The average molecular weight is 384 g/mol. The van der Waals surface area contributed by atoms with Gasteiger partial charge in [0.15, 0.2) is 11.5 Å². The molecule has 0 saturated carbocycles. The monoisotopic (exact) mass is 383 g/mol. The summed E-state index contributed by atoms with van der Waals surface area (Å²) in [4.78, 5) is 12.6. The van der Waals surface area contributed by atoms with Crippen molar-refractivity contribution in [2.75, 3.05) is 13.2 Å². The Morgan fingerprint density at radius 2 is 1.96 bits per heavy atom. The number of halogens is 1. The maximum Gasteiger partial charge on any atom is 0.254 e. The van der Waals surface area contributed by atoms with Crippen molar-refractivity contribution in [1.29, 1.82) is 0 Å². The Labute approximate surface area is 161 Å². The Morgan fingerprint density at radius 3 is 2.74 bits per heavy atom. The van der Waals surface area contributed by atoms with Gasteiger partial charge >= 0.3 is 0 Å². The molecule has 1 aromatic heterocycles. The number of benzene rings is 2. The summed E-state index contributed by atoms with van der Waals surface area (Å²) in [5.74, 6) is 1.21. The van der Waals surface area contributed by atoms with Crippen LogP contribution in [-0.2, 0) is 0 Å². The summed E-state index contributed by atoms with van der Waals surface area (Å²) in [6.45, 7) is 2.59. The Bertz CT molecular complexity index is 969. The second-order valence-corrected chi connectivity index (χ2v) is 6.68. The Kier molecular flexibility index (Phi) is 4.73. The molecule has 1 atom stereocenters. The standard InChI is InChI=1S/C20H18ClN3O3/c1-13-17(11-23-24(13)15-8-6-14(21)7-9-15)20(25)22-10-16-12-26-18-4-2-3-5-19(18)27-16/h2-9,11,16H,10,12H2,1H3,(H,22,25)/t16-/m1/s1. The van der Waals surface area contributed by atoms with Crippen LogP contribution < -0.4 is 14.8 Å². The molecule has 1 N–H and O–H groups in total. The number of aromatic nitrogens is 2. The van der Waals surface area contributed by atoms with Crippen LogP contribution in [0.3, 0.4) is 0 Å². The average Bonchev–Trinajstić information content (AvgIpc) is 3.08. The summed E-state index contributed by atoms with van der Waals surface area (Å²) in [7, 11) is 0. The van der Waals surface area contributed by atoms with Gasteiger partial charge in [-0.3, -0.25) is 4.79 Å². The van der Waals surface area contributed by atoms with E-state index in [9.17, 15) is 4.79 Å². The molecular formula is C20H18ClN3O3. The van der Waals surface area contributed by atoms with Crippen molar-refractivity contribution in [3.63, 3.8) is 0 Å². The molecule has 2 aromatic carbocycles. The third-order valence-corrected chi connectivity index (χ3v) is 4.64. The molecular weight excluding hydrogens is 366 g/mol. The summed E-state index contributed by atoms with van der Waals surface area (Å²) < 4.78 is 13.2. The van der Waals surface area contributed by atoms with Crippen LogP contribution in [-0.4, -0.2) is 34.9 Å². The van der Waals surface area contributed by atoms with Crippen LogP contribution in [0.2, 0.25) is 5.02 Å². The van der Waals surface area contributed by atoms with E-state index < -0.39 is 0 Å². The van der Waals surface area contributed by atoms with E-state index >= 15 is 0 Å². The quantitative estimate of drug-likeness (QED) is 0.749. The van der Waals surface area contributed by atoms with Crippen LogP contribution in [0, 0.1) is 6.92 Å². The molecule has 0 radical (unpaired) electrons. The minimum Gasteiger partial charge on any atom is -0.486 e. The SMILES string of the molecule is Cc1c(C(=O)NC[C@@H]2COc3ccccc3O2)cnn1-c1ccc(Cl)cc1. The van der Waals surface area contributed by atoms with Gasteiger partial charge < -0.3 is 14.8 Å². The van der Waals surface area contributed by atoms with Crippen LogP contribution >= 0.6 is 11.6 Å². The smallest absolute Gasteiger partial charge is 0.254 e. The van der Waals surface area contributed by atoms with Crippen LogP contribution in [0.4, 0.5) is 0 Å². The van der Waals surface area contributed by atoms with E-state index in [1.807, 2.05) is 43.3 Å². The Morgan fingerprint density at radius 1 is 1.22 bits per heavy atom. The van der Waals surface area contributed by atoms with Crippen molar-refractivity contribution in [2.24, 2.45) is 0 Å². The Hall–Kier alpha value is -2.99. The highest BCUT2D eigenvalue weighted by Crippen LogP contribution is 2.30. The number of ether oxygens (including phenoxy) is 2. The third kappa shape index (κ3) is 3.61. The number of carbonyl (C=O) groups is 1. The van der Waals surface area contributed by atoms with Gasteiger partial charge in [0.1, 0.15) is 12.7 Å². The molecule has 7 heteroatoms. The van der Waals surface area contributed by atoms with E-state index in [0.717, 1.165) is 17.1 Å². The zero-order valence-electron chi connectivity index (χ0n) is 14.7. The molecule has 3 aromatic rings. The summed E-state index contributed by atoms with van der Waals surface area (Å²) in [6, 6.07) is 14.8. The molecule has 1 amide bonds. The molecule has 1 aliphatic heterocycles. The largest absolute Gasteiger partial charge is 0.486 e. The predicted molar refractivity (Wildman–Crippen MR) is 102 cm³/mol. The zero-order chi connectivity index (χ0) is 18.8. The first kappa shape index (κ1) is 17.4. The third-order valence-electron chi connectivity index (χ3n) is 4.38. The molecule has 0 fully saturated rings. The summed E-state index contributed by atoms with van der Waals surface area (Å²) >= 11 is 5.93. The fourth-order valence-corrected chi connectivity index (χ4v) is 3.07. The molecule has 0 saturated heterocycles. The number of nitrogens with zero attached hydrogens (tertiary/aromatic N) is 2. The molecule has 0 spiro atoms. The van der Waals surface area contributed by atoms with Gasteiger partial charge in [-0.05, 0) is 43.3 Å². The topological polar surface area (TPSA) is 65.4 Å². The lowest BCUT2D eigenvalue weighted by atomic mass is 10.2. The van der Waals surface area contributed by atoms with E-state index in [4.69, 9.17) is 21.1 Å². The predicted octanol–water partition coefficient (Wildman–Crippen LogP) is 3.40. The van der Waals surface area contributed by atoms with Gasteiger partial charge in [-0.2, -0.15) is 5.10 Å². The summed E-state index contributed by atoms with van der Waals surface area (Å²) in [5.41, 5.74) is 2.11. The molecule has 0 bridgehead atoms. The van der Waals surface area contributed by atoms with Gasteiger partial charge in [-0.25, -0.2) is 4.68 Å². The number of amides is 1. The molecule has 27 heavy (non-hydrogen) atoms. The minimum absolute atomic E-state index is 0.199. The van der Waals surface area contributed by atoms with Crippen molar-refractivity contribution >= 4 is 17.5 Å². The van der Waals surface area contributed by atoms with Crippen LogP contribution in [0.25, 0.3) is 5.69 Å². The molecule has 138 valence electrons. The second kappa shape index (κ2) is 7.32. The van der Waals surface area contributed by atoms with Gasteiger partial charge in [0.25, 0.3) is 5.91 Å². The lowest BCUT2D eigenvalue weighted by molar-refractivity contribution is 0.0789. The Balaban J connectivity index is 1.41. The van der Waals surface area contributed by atoms with Gasteiger partial charge in [-0.15, -0.1) is 0 Å². The first-order valence-corrected chi connectivity index (χ1v) is 8.97. The van der Waals surface area contributed by atoms with E-state index in [1.54, 1.807) is 23.0 Å². The lowest BCUT2D eigenvalue weighted by Crippen LogP contribution is -2.40. The van der Waals surface area contributed by atoms with E-state index in [-0.39, 0.29) is 12.0 Å². The van der Waals surface area contributed by atoms with Gasteiger partial charge in [-0.1, -0.05) is 23.7 Å². The highest BCUT2D eigenvalue weighted by Gasteiger charge is 2.22. The fraction of sp³-hybridized carbons (Fsp3) is 0.200. The van der Waals surface area contributed by atoms with Crippen molar-refractivity contribution in [3.8, 4) is 17.2 Å². The molecule has 0 aliphatic carbocycles. The van der Waals surface area contributed by atoms with Crippen molar-refractivity contribution in [3.05, 3.63) is 71.0 Å². The van der Waals surface area contributed by atoms with Crippen LogP contribution in [0.15, 0.2) is 54.7 Å². The summed E-state index contributed by atoms with van der Waals surface area (Å²) in [6.07, 6.45) is 1.32. The number of carbonyl (C=O) groups excluding carboxylic acids is 1. The van der Waals surface area contributed by atoms with Gasteiger partial charge in [0.05, 0.1) is 29.7 Å². The normalized spacial score (nSPS) is 15.4. The maximum atomic E-state index is 12.6. The number of fused-ring (bicyclic) bond motifs is 1. The van der Waals surface area contributed by atoms with Crippen molar-refractivity contribution in [1.82, 2.24) is 15.1 Å². The number of nitrogens with one attached hydrogen (secondary N) is 1. The molecule has 6 nitrogen and oxygen atoms in total. The zero-order valence-corrected chi connectivity index (χ0v) is 15.4. The number of hydrogen-bond acceptors (Lipinski definition) is 4. The highest BCUT2D eigenvalue weighted by molar-refractivity contribution is 6.30. The van der Waals surface area contributed by atoms with Crippen molar-refractivity contribution < 1.29 is 14.3 Å². The van der Waals surface area contributed by atoms with Gasteiger partial charge in [0, 0.05) is 5.02 Å². The highest BCUT2D eigenvalue weighted by atomic mass is 35.5. The number of rotatable bonds is 4. The van der Waals surface area contributed by atoms with Crippen molar-refractivity contribution in [2.45, 2.75) is 13.0 Å².